The molecular formula is C29H42ClN5O4. The summed E-state index contributed by atoms with van der Waals surface area (Å²) in [6.45, 7) is 6.84. The number of hydrogen-bond donors (Lipinski definition) is 2. The predicted octanol–water partition coefficient (Wildman–Crippen LogP) is 7.27. The van der Waals surface area contributed by atoms with Crippen molar-refractivity contribution in [2.45, 2.75) is 97.8 Å². The summed E-state index contributed by atoms with van der Waals surface area (Å²) < 4.78 is 12.6. The Kier molecular flexibility index (Phi) is 12.6. The van der Waals surface area contributed by atoms with Crippen LogP contribution >= 0.6 is 11.6 Å². The maximum atomic E-state index is 12.5. The van der Waals surface area contributed by atoms with E-state index in [1.807, 2.05) is 13.8 Å². The van der Waals surface area contributed by atoms with Crippen LogP contribution in [-0.2, 0) is 14.3 Å². The zero-order valence-corrected chi connectivity index (χ0v) is 24.2. The van der Waals surface area contributed by atoms with Gasteiger partial charge in [-0.15, -0.1) is 5.10 Å². The van der Waals surface area contributed by atoms with Crippen LogP contribution in [0.5, 0.6) is 5.75 Å². The monoisotopic (exact) mass is 559 g/mol. The normalized spacial score (nSPS) is 11.2. The number of nitrogens with one attached hydrogen (secondary N) is 2. The lowest BCUT2D eigenvalue weighted by atomic mass is 10.1. The molecule has 0 atom stereocenters. The third-order valence-corrected chi connectivity index (χ3v) is 6.98. The SMILES string of the molecule is CCCCCCCCCCCCOC(=O)CCC(=O)Nc1ccc(OCC)c(-c2nc3c(Cl)c(C)[nH]n3n2)c1. The fourth-order valence-corrected chi connectivity index (χ4v) is 4.54. The molecule has 0 saturated carbocycles. The minimum atomic E-state index is -0.349. The molecule has 10 heteroatoms. The average Bonchev–Trinajstić information content (AvgIpc) is 3.45. The van der Waals surface area contributed by atoms with Gasteiger partial charge in [0.2, 0.25) is 5.91 Å². The number of fused-ring (bicyclic) bond motifs is 1. The standard InChI is InChI=1S/C29H42ClN5O4/c1-4-6-7-8-9-10-11-12-13-14-19-39-26(37)18-17-25(36)31-22-15-16-24(38-5-2)23(20-22)28-32-29-27(30)21(3)33-35(29)34-28/h15-16,20,33H,4-14,17-19H2,1-3H3,(H,31,36). The molecule has 214 valence electrons. The van der Waals surface area contributed by atoms with E-state index in [1.165, 1.54) is 56.0 Å². The first kappa shape index (κ1) is 30.5. The summed E-state index contributed by atoms with van der Waals surface area (Å²) in [7, 11) is 0. The lowest BCUT2D eigenvalue weighted by Crippen LogP contribution is -2.15. The molecule has 0 saturated heterocycles. The quantitative estimate of drug-likeness (QED) is 0.125. The Balaban J connectivity index is 1.40. The number of halogens is 1. The van der Waals surface area contributed by atoms with E-state index < -0.39 is 0 Å². The highest BCUT2D eigenvalue weighted by atomic mass is 35.5. The molecular weight excluding hydrogens is 518 g/mol. The van der Waals surface area contributed by atoms with Crippen molar-refractivity contribution in [3.63, 3.8) is 0 Å². The van der Waals surface area contributed by atoms with Gasteiger partial charge in [-0.2, -0.15) is 4.63 Å². The maximum absolute atomic E-state index is 12.5. The van der Waals surface area contributed by atoms with Crippen LogP contribution in [0.1, 0.15) is 96.6 Å². The van der Waals surface area contributed by atoms with Crippen LogP contribution in [0.2, 0.25) is 5.02 Å². The van der Waals surface area contributed by atoms with Crippen molar-refractivity contribution < 1.29 is 19.1 Å². The molecule has 3 rings (SSSR count). The second kappa shape index (κ2) is 16.1. The van der Waals surface area contributed by atoms with Crippen LogP contribution in [0.3, 0.4) is 0 Å². The topological polar surface area (TPSA) is 111 Å². The Labute approximate surface area is 236 Å². The number of benzene rings is 1. The Bertz CT molecular complexity index is 1210. The number of unbranched alkanes of at least 4 members (excludes halogenated alkanes) is 9. The van der Waals surface area contributed by atoms with Gasteiger partial charge in [0.25, 0.3) is 0 Å². The summed E-state index contributed by atoms with van der Waals surface area (Å²) >= 11 is 6.31. The Hall–Kier alpha value is -3.07. The van der Waals surface area contributed by atoms with Crippen LogP contribution < -0.4 is 10.1 Å². The predicted molar refractivity (Wildman–Crippen MR) is 154 cm³/mol. The van der Waals surface area contributed by atoms with Crippen molar-refractivity contribution in [3.05, 3.63) is 28.9 Å². The summed E-state index contributed by atoms with van der Waals surface area (Å²) in [5, 5.41) is 10.8. The molecule has 39 heavy (non-hydrogen) atoms. The van der Waals surface area contributed by atoms with Gasteiger partial charge in [0.15, 0.2) is 11.5 Å². The van der Waals surface area contributed by atoms with Gasteiger partial charge in [0.1, 0.15) is 10.8 Å². The van der Waals surface area contributed by atoms with Gasteiger partial charge in [0.05, 0.1) is 30.9 Å². The third kappa shape index (κ3) is 9.56. The zero-order valence-electron chi connectivity index (χ0n) is 23.5. The first-order chi connectivity index (χ1) is 18.9. The van der Waals surface area contributed by atoms with E-state index in [-0.39, 0.29) is 24.7 Å². The van der Waals surface area contributed by atoms with E-state index in [2.05, 4.69) is 27.4 Å². The molecule has 2 N–H and O–H groups in total. The van der Waals surface area contributed by atoms with E-state index in [1.54, 1.807) is 18.2 Å². The van der Waals surface area contributed by atoms with Crippen molar-refractivity contribution in [1.82, 2.24) is 19.8 Å². The number of nitrogens with zero attached hydrogens (tertiary/aromatic N) is 3. The molecule has 2 aromatic heterocycles. The fraction of sp³-hybridized carbons (Fsp3) is 0.586. The van der Waals surface area contributed by atoms with E-state index in [4.69, 9.17) is 21.1 Å². The first-order valence-electron chi connectivity index (χ1n) is 14.3. The number of aromatic amines is 1. The van der Waals surface area contributed by atoms with Crippen molar-refractivity contribution in [1.29, 1.82) is 0 Å². The van der Waals surface area contributed by atoms with Gasteiger partial charge in [-0.1, -0.05) is 76.3 Å². The summed E-state index contributed by atoms with van der Waals surface area (Å²) in [6, 6.07) is 5.26. The number of H-pyrrole nitrogens is 1. The van der Waals surface area contributed by atoms with Crippen LogP contribution in [0, 0.1) is 6.92 Å². The number of carbonyl (C=O) groups is 2. The van der Waals surface area contributed by atoms with Crippen LogP contribution in [-0.4, -0.2) is 44.9 Å². The minimum absolute atomic E-state index is 0.0403. The Morgan fingerprint density at radius 3 is 2.36 bits per heavy atom. The Morgan fingerprint density at radius 2 is 1.69 bits per heavy atom. The molecule has 9 nitrogen and oxygen atoms in total. The molecule has 0 bridgehead atoms. The van der Waals surface area contributed by atoms with E-state index in [9.17, 15) is 9.59 Å². The Morgan fingerprint density at radius 1 is 1.00 bits per heavy atom. The zero-order chi connectivity index (χ0) is 28.0. The number of rotatable bonds is 18. The minimum Gasteiger partial charge on any atom is -0.493 e. The molecule has 0 aliphatic heterocycles. The second-order valence-electron chi connectivity index (χ2n) is 9.82. The highest BCUT2D eigenvalue weighted by Gasteiger charge is 2.18. The summed E-state index contributed by atoms with van der Waals surface area (Å²) in [6.07, 6.45) is 12.4. The molecule has 0 radical (unpaired) electrons. The lowest BCUT2D eigenvalue weighted by molar-refractivity contribution is -0.144. The molecule has 3 aromatic rings. The van der Waals surface area contributed by atoms with Crippen molar-refractivity contribution >= 4 is 34.8 Å². The number of anilines is 1. The number of ether oxygens (including phenoxy) is 2. The summed E-state index contributed by atoms with van der Waals surface area (Å²) in [5.41, 5.74) is 2.46. The largest absolute Gasteiger partial charge is 0.493 e. The van der Waals surface area contributed by atoms with Gasteiger partial charge < -0.3 is 14.8 Å². The number of aromatic nitrogens is 4. The van der Waals surface area contributed by atoms with Gasteiger partial charge >= 0.3 is 5.97 Å². The first-order valence-corrected chi connectivity index (χ1v) is 14.6. The molecule has 0 aliphatic carbocycles. The van der Waals surface area contributed by atoms with Crippen LogP contribution in [0.25, 0.3) is 17.0 Å². The molecule has 0 fully saturated rings. The van der Waals surface area contributed by atoms with Gasteiger partial charge in [-0.05, 0) is 38.5 Å². The van der Waals surface area contributed by atoms with Crippen molar-refractivity contribution in [2.24, 2.45) is 0 Å². The van der Waals surface area contributed by atoms with E-state index >= 15 is 0 Å². The maximum Gasteiger partial charge on any atom is 0.306 e. The van der Waals surface area contributed by atoms with Crippen molar-refractivity contribution in [3.8, 4) is 17.1 Å². The van der Waals surface area contributed by atoms with Gasteiger partial charge in [0, 0.05) is 12.1 Å². The fourth-order valence-electron chi connectivity index (χ4n) is 4.37. The van der Waals surface area contributed by atoms with Gasteiger partial charge in [-0.25, -0.2) is 4.98 Å². The summed E-state index contributed by atoms with van der Waals surface area (Å²) in [5.74, 6) is 0.382. The molecule has 0 unspecified atom stereocenters. The van der Waals surface area contributed by atoms with Crippen molar-refractivity contribution in [2.75, 3.05) is 18.5 Å². The molecule has 1 amide bonds. The molecule has 0 spiro atoms. The number of carbonyl (C=O) groups excluding carboxylic acids is 2. The highest BCUT2D eigenvalue weighted by molar-refractivity contribution is 6.34. The third-order valence-electron chi connectivity index (χ3n) is 6.53. The smallest absolute Gasteiger partial charge is 0.306 e. The number of aryl methyl sites for hydroxylation is 1. The molecule has 2 heterocycles. The molecule has 0 aliphatic rings. The highest BCUT2D eigenvalue weighted by Crippen LogP contribution is 2.32. The van der Waals surface area contributed by atoms with E-state index in [0.29, 0.717) is 46.7 Å². The average molecular weight is 560 g/mol. The number of esters is 1. The molecule has 1 aromatic carbocycles. The van der Waals surface area contributed by atoms with E-state index in [0.717, 1.165) is 18.5 Å². The van der Waals surface area contributed by atoms with Crippen LogP contribution in [0.4, 0.5) is 5.69 Å². The van der Waals surface area contributed by atoms with Gasteiger partial charge in [-0.3, -0.25) is 14.7 Å². The number of amides is 1. The lowest BCUT2D eigenvalue weighted by Gasteiger charge is -2.11. The van der Waals surface area contributed by atoms with Crippen LogP contribution in [0.15, 0.2) is 18.2 Å². The summed E-state index contributed by atoms with van der Waals surface area (Å²) in [4.78, 5) is 29.1. The second-order valence-corrected chi connectivity index (χ2v) is 10.2. The number of hydrogen-bond acceptors (Lipinski definition) is 6.